The fourth-order valence-corrected chi connectivity index (χ4v) is 3.93. The average molecular weight is 504 g/mol. The topological polar surface area (TPSA) is 85.6 Å². The molecule has 186 valence electrons. The van der Waals surface area contributed by atoms with Gasteiger partial charge in [0.25, 0.3) is 5.91 Å². The van der Waals surface area contributed by atoms with Crippen molar-refractivity contribution in [3.8, 4) is 23.0 Å². The molecule has 4 rings (SSSR count). The van der Waals surface area contributed by atoms with Crippen molar-refractivity contribution >= 4 is 40.0 Å². The third kappa shape index (κ3) is 5.66. The zero-order chi connectivity index (χ0) is 25.8. The highest BCUT2D eigenvalue weighted by Crippen LogP contribution is 2.29. The van der Waals surface area contributed by atoms with Crippen molar-refractivity contribution in [3.63, 3.8) is 0 Å². The van der Waals surface area contributed by atoms with Gasteiger partial charge in [-0.15, -0.1) is 0 Å². The van der Waals surface area contributed by atoms with Gasteiger partial charge in [-0.2, -0.15) is 0 Å². The number of amides is 1. The van der Waals surface area contributed by atoms with Gasteiger partial charge < -0.3 is 19.2 Å². The van der Waals surface area contributed by atoms with Gasteiger partial charge in [-0.3, -0.25) is 10.1 Å². The lowest BCUT2D eigenvalue weighted by Crippen LogP contribution is -2.34. The van der Waals surface area contributed by atoms with Gasteiger partial charge >= 0.3 is 0 Å². The summed E-state index contributed by atoms with van der Waals surface area (Å²) in [6.45, 7) is 10.8. The van der Waals surface area contributed by atoms with Crippen molar-refractivity contribution < 1.29 is 18.7 Å². The van der Waals surface area contributed by atoms with Crippen LogP contribution in [-0.2, 0) is 0 Å². The van der Waals surface area contributed by atoms with Crippen LogP contribution in [0.2, 0.25) is 0 Å². The minimum atomic E-state index is -0.367. The molecule has 0 aliphatic carbocycles. The first-order valence-electron chi connectivity index (χ1n) is 11.8. The molecule has 0 unspecified atom stereocenters. The van der Waals surface area contributed by atoms with Crippen LogP contribution in [0.15, 0.2) is 52.9 Å². The number of nitrogens with one attached hydrogen (secondary N) is 2. The number of carbonyl (C=O) groups is 1. The summed E-state index contributed by atoms with van der Waals surface area (Å²) in [7, 11) is 0. The third-order valence-electron chi connectivity index (χ3n) is 5.73. The predicted octanol–water partition coefficient (Wildman–Crippen LogP) is 6.34. The zero-order valence-corrected chi connectivity index (χ0v) is 21.8. The normalized spacial score (nSPS) is 10.8. The summed E-state index contributed by atoms with van der Waals surface area (Å²) in [6, 6.07) is 14.9. The Morgan fingerprint density at radius 3 is 2.25 bits per heavy atom. The fourth-order valence-electron chi connectivity index (χ4n) is 3.72. The Morgan fingerprint density at radius 2 is 1.58 bits per heavy atom. The maximum atomic E-state index is 12.9. The van der Waals surface area contributed by atoms with Crippen LogP contribution >= 0.6 is 12.2 Å². The number of benzene rings is 3. The molecule has 1 heterocycles. The van der Waals surface area contributed by atoms with Crippen LogP contribution in [0.25, 0.3) is 22.6 Å². The molecule has 7 nitrogen and oxygen atoms in total. The second-order valence-electron chi connectivity index (χ2n) is 8.42. The van der Waals surface area contributed by atoms with Crippen molar-refractivity contribution in [2.75, 3.05) is 18.5 Å². The maximum absolute atomic E-state index is 12.9. The minimum Gasteiger partial charge on any atom is -0.494 e. The number of fused-ring (bicyclic) bond motifs is 1. The fraction of sp³-hybridized carbons (Fsp3) is 0.250. The highest BCUT2D eigenvalue weighted by Gasteiger charge is 2.15. The summed E-state index contributed by atoms with van der Waals surface area (Å²) in [5.41, 5.74) is 6.75. The number of hydrogen-bond acceptors (Lipinski definition) is 6. The smallest absolute Gasteiger partial charge is 0.257 e. The Balaban J connectivity index is 1.52. The van der Waals surface area contributed by atoms with E-state index in [1.165, 1.54) is 0 Å². The van der Waals surface area contributed by atoms with Gasteiger partial charge in [0.2, 0.25) is 5.89 Å². The first-order valence-corrected chi connectivity index (χ1v) is 12.2. The van der Waals surface area contributed by atoms with Crippen LogP contribution in [0.1, 0.15) is 40.9 Å². The molecular weight excluding hydrogens is 474 g/mol. The number of hydrogen-bond donors (Lipinski definition) is 2. The largest absolute Gasteiger partial charge is 0.494 e. The lowest BCUT2D eigenvalue weighted by molar-refractivity contribution is 0.0976. The standard InChI is InChI=1S/C28H29N3O4S/c1-6-33-21-12-20(13-22(15-21)34-7-2)26(32)31-28(36)30-23-14-19(9-8-16(23)3)27-29-24-10-17(4)18(5)11-25(24)35-27/h8-15H,6-7H2,1-5H3,(H2,30,31,32,36). The van der Waals surface area contributed by atoms with Crippen molar-refractivity contribution in [3.05, 3.63) is 70.8 Å². The Bertz CT molecular complexity index is 1380. The molecule has 2 N–H and O–H groups in total. The lowest BCUT2D eigenvalue weighted by atomic mass is 10.1. The maximum Gasteiger partial charge on any atom is 0.257 e. The van der Waals surface area contributed by atoms with Crippen LogP contribution in [0, 0.1) is 20.8 Å². The molecule has 0 saturated carbocycles. The Hall–Kier alpha value is -3.91. The second kappa shape index (κ2) is 10.8. The molecule has 1 amide bonds. The van der Waals surface area contributed by atoms with Gasteiger partial charge in [-0.1, -0.05) is 6.07 Å². The zero-order valence-electron chi connectivity index (χ0n) is 21.0. The van der Waals surface area contributed by atoms with E-state index in [0.29, 0.717) is 36.2 Å². The number of anilines is 1. The van der Waals surface area contributed by atoms with Gasteiger partial charge in [-0.25, -0.2) is 4.98 Å². The van der Waals surface area contributed by atoms with E-state index >= 15 is 0 Å². The molecule has 0 spiro atoms. The molecule has 3 aromatic carbocycles. The Morgan fingerprint density at radius 1 is 0.917 bits per heavy atom. The predicted molar refractivity (Wildman–Crippen MR) is 146 cm³/mol. The Kier molecular flexibility index (Phi) is 7.55. The molecule has 36 heavy (non-hydrogen) atoms. The number of thiocarbonyl (C=S) groups is 1. The van der Waals surface area contributed by atoms with Crippen LogP contribution in [0.3, 0.4) is 0 Å². The van der Waals surface area contributed by atoms with Gasteiger partial charge in [0.05, 0.1) is 13.2 Å². The number of aryl methyl sites for hydroxylation is 3. The summed E-state index contributed by atoms with van der Waals surface area (Å²) in [5.74, 6) is 1.26. The van der Waals surface area contributed by atoms with Crippen molar-refractivity contribution in [2.45, 2.75) is 34.6 Å². The molecule has 0 aliphatic heterocycles. The minimum absolute atomic E-state index is 0.170. The van der Waals surface area contributed by atoms with Crippen molar-refractivity contribution in [2.24, 2.45) is 0 Å². The van der Waals surface area contributed by atoms with Gasteiger partial charge in [0, 0.05) is 22.9 Å². The van der Waals surface area contributed by atoms with Crippen molar-refractivity contribution in [1.82, 2.24) is 10.3 Å². The van der Waals surface area contributed by atoms with Gasteiger partial charge in [0.1, 0.15) is 17.0 Å². The van der Waals surface area contributed by atoms with Crippen molar-refractivity contribution in [1.29, 1.82) is 0 Å². The summed E-state index contributed by atoms with van der Waals surface area (Å²) >= 11 is 5.44. The summed E-state index contributed by atoms with van der Waals surface area (Å²) < 4.78 is 17.1. The second-order valence-corrected chi connectivity index (χ2v) is 8.83. The van der Waals surface area contributed by atoms with Crippen LogP contribution in [-0.4, -0.2) is 29.2 Å². The molecule has 0 bridgehead atoms. The summed E-state index contributed by atoms with van der Waals surface area (Å²) in [5, 5.41) is 6.03. The van der Waals surface area contributed by atoms with E-state index in [9.17, 15) is 4.79 Å². The number of oxazole rings is 1. The number of ether oxygens (including phenoxy) is 2. The highest BCUT2D eigenvalue weighted by atomic mass is 32.1. The first-order chi connectivity index (χ1) is 17.3. The molecule has 0 saturated heterocycles. The number of carbonyl (C=O) groups excluding carboxylic acids is 1. The number of rotatable bonds is 7. The van der Waals surface area contributed by atoms with E-state index < -0.39 is 0 Å². The van der Waals surface area contributed by atoms with E-state index in [0.717, 1.165) is 39.0 Å². The highest BCUT2D eigenvalue weighted by molar-refractivity contribution is 7.80. The molecule has 0 aliphatic rings. The molecule has 0 fully saturated rings. The van der Waals surface area contributed by atoms with E-state index in [4.69, 9.17) is 26.1 Å². The first kappa shape index (κ1) is 25.2. The molecular formula is C28H29N3O4S. The van der Waals surface area contributed by atoms with E-state index in [-0.39, 0.29) is 11.0 Å². The summed E-state index contributed by atoms with van der Waals surface area (Å²) in [6.07, 6.45) is 0. The summed E-state index contributed by atoms with van der Waals surface area (Å²) in [4.78, 5) is 17.6. The van der Waals surface area contributed by atoms with E-state index in [1.807, 2.05) is 58.0 Å². The molecule has 0 radical (unpaired) electrons. The van der Waals surface area contributed by atoms with E-state index in [2.05, 4.69) is 22.5 Å². The third-order valence-corrected chi connectivity index (χ3v) is 5.93. The average Bonchev–Trinajstić information content (AvgIpc) is 3.23. The van der Waals surface area contributed by atoms with Crippen LogP contribution < -0.4 is 20.1 Å². The quantitative estimate of drug-likeness (QED) is 0.285. The number of aromatic nitrogens is 1. The van der Waals surface area contributed by atoms with Gasteiger partial charge in [-0.05, 0) is 99.9 Å². The molecule has 0 atom stereocenters. The molecule has 4 aromatic rings. The molecule has 1 aromatic heterocycles. The lowest BCUT2D eigenvalue weighted by Gasteiger charge is -2.14. The SMILES string of the molecule is CCOc1cc(OCC)cc(C(=O)NC(=S)Nc2cc(-c3nc4cc(C)c(C)cc4o3)ccc2C)c1. The molecule has 8 heteroatoms. The monoisotopic (exact) mass is 503 g/mol. The van der Waals surface area contributed by atoms with Crippen LogP contribution in [0.5, 0.6) is 11.5 Å². The van der Waals surface area contributed by atoms with Gasteiger partial charge in [0.15, 0.2) is 10.7 Å². The Labute approximate surface area is 215 Å². The van der Waals surface area contributed by atoms with E-state index in [1.54, 1.807) is 18.2 Å². The van der Waals surface area contributed by atoms with Crippen LogP contribution in [0.4, 0.5) is 5.69 Å². The number of nitrogens with zero attached hydrogens (tertiary/aromatic N) is 1.